The fraction of sp³-hybridized carbons (Fsp3) is 0.800. The number of piperidine rings is 1. The Labute approximate surface area is 75.4 Å². The van der Waals surface area contributed by atoms with Crippen LogP contribution in [0, 0.1) is 11.8 Å². The first-order chi connectivity index (χ1) is 5.77. The van der Waals surface area contributed by atoms with Crippen LogP contribution in [0.15, 0.2) is 12.7 Å². The number of rotatable bonds is 3. The van der Waals surface area contributed by atoms with Crippen LogP contribution in [-0.2, 0) is 0 Å². The Kier molecular flexibility index (Phi) is 3.76. The van der Waals surface area contributed by atoms with Gasteiger partial charge < -0.3 is 10.6 Å². The third kappa shape index (κ3) is 2.32. The molecule has 12 heavy (non-hydrogen) atoms. The lowest BCUT2D eigenvalue weighted by molar-refractivity contribution is 0.167. The lowest BCUT2D eigenvalue weighted by Crippen LogP contribution is -2.37. The summed E-state index contributed by atoms with van der Waals surface area (Å²) < 4.78 is 0. The Morgan fingerprint density at radius 2 is 2.42 bits per heavy atom. The number of hydrogen-bond acceptors (Lipinski definition) is 2. The van der Waals surface area contributed by atoms with Crippen molar-refractivity contribution in [2.24, 2.45) is 17.6 Å². The zero-order valence-electron chi connectivity index (χ0n) is 8.00. The van der Waals surface area contributed by atoms with Crippen LogP contribution >= 0.6 is 0 Å². The van der Waals surface area contributed by atoms with Gasteiger partial charge in [-0.25, -0.2) is 0 Å². The molecule has 0 aromatic rings. The number of nitrogens with two attached hydrogens (primary N) is 1. The maximum Gasteiger partial charge on any atom is 0.00439 e. The van der Waals surface area contributed by atoms with E-state index in [9.17, 15) is 0 Å². The Hall–Kier alpha value is -0.340. The minimum Gasteiger partial charge on any atom is -0.330 e. The monoisotopic (exact) mass is 168 g/mol. The average molecular weight is 168 g/mol. The molecule has 2 unspecified atom stereocenters. The molecule has 0 aliphatic carbocycles. The summed E-state index contributed by atoms with van der Waals surface area (Å²) >= 11 is 0. The van der Waals surface area contributed by atoms with E-state index in [1.165, 1.54) is 13.0 Å². The molecule has 1 rings (SSSR count). The van der Waals surface area contributed by atoms with Gasteiger partial charge in [-0.05, 0) is 44.8 Å². The van der Waals surface area contributed by atoms with Gasteiger partial charge >= 0.3 is 0 Å². The van der Waals surface area contributed by atoms with Crippen molar-refractivity contribution in [3.05, 3.63) is 12.7 Å². The number of hydrogen-bond donors (Lipinski definition) is 1. The quantitative estimate of drug-likeness (QED) is 0.639. The van der Waals surface area contributed by atoms with Crippen LogP contribution in [0.5, 0.6) is 0 Å². The van der Waals surface area contributed by atoms with Crippen LogP contribution in [0.3, 0.4) is 0 Å². The number of nitrogens with zero attached hydrogens (tertiary/aromatic N) is 1. The molecular formula is C10H20N2. The highest BCUT2D eigenvalue weighted by Gasteiger charge is 2.24. The van der Waals surface area contributed by atoms with Crippen LogP contribution in [0.2, 0.25) is 0 Å². The first-order valence-electron chi connectivity index (χ1n) is 4.79. The maximum atomic E-state index is 5.56. The van der Waals surface area contributed by atoms with E-state index in [1.807, 2.05) is 0 Å². The van der Waals surface area contributed by atoms with E-state index in [2.05, 4.69) is 24.6 Å². The molecule has 2 atom stereocenters. The average Bonchev–Trinajstić information content (AvgIpc) is 2.08. The molecule has 1 aliphatic rings. The van der Waals surface area contributed by atoms with Gasteiger partial charge in [0.2, 0.25) is 0 Å². The van der Waals surface area contributed by atoms with Gasteiger partial charge in [-0.3, -0.25) is 0 Å². The molecule has 1 heterocycles. The zero-order valence-corrected chi connectivity index (χ0v) is 8.00. The van der Waals surface area contributed by atoms with Gasteiger partial charge in [-0.15, -0.1) is 6.58 Å². The van der Waals surface area contributed by atoms with Gasteiger partial charge in [0.1, 0.15) is 0 Å². The van der Waals surface area contributed by atoms with Gasteiger partial charge in [-0.2, -0.15) is 0 Å². The van der Waals surface area contributed by atoms with Crippen LogP contribution in [0.1, 0.15) is 12.8 Å². The topological polar surface area (TPSA) is 29.3 Å². The van der Waals surface area contributed by atoms with E-state index in [1.54, 1.807) is 0 Å². The highest BCUT2D eigenvalue weighted by Crippen LogP contribution is 2.25. The zero-order chi connectivity index (χ0) is 8.97. The lowest BCUT2D eigenvalue weighted by Gasteiger charge is -2.35. The molecule has 1 fully saturated rings. The lowest BCUT2D eigenvalue weighted by atomic mass is 9.83. The fourth-order valence-electron chi connectivity index (χ4n) is 2.04. The molecule has 0 aromatic heterocycles. The summed E-state index contributed by atoms with van der Waals surface area (Å²) in [5.74, 6) is 1.44. The van der Waals surface area contributed by atoms with Gasteiger partial charge in [-0.1, -0.05) is 6.08 Å². The second-order valence-corrected chi connectivity index (χ2v) is 3.79. The van der Waals surface area contributed by atoms with E-state index in [0.717, 1.165) is 25.4 Å². The van der Waals surface area contributed by atoms with Gasteiger partial charge in [0.05, 0.1) is 0 Å². The Morgan fingerprint density at radius 3 is 3.00 bits per heavy atom. The van der Waals surface area contributed by atoms with Crippen molar-refractivity contribution in [2.45, 2.75) is 12.8 Å². The summed E-state index contributed by atoms with van der Waals surface area (Å²) in [7, 11) is 2.18. The van der Waals surface area contributed by atoms with Crippen LogP contribution in [0.4, 0.5) is 0 Å². The predicted molar refractivity (Wildman–Crippen MR) is 53.0 cm³/mol. The minimum atomic E-state index is 0.660. The SMILES string of the molecule is C=CC1CN(C)CCC1CCN. The highest BCUT2D eigenvalue weighted by atomic mass is 15.1. The largest absolute Gasteiger partial charge is 0.330 e. The molecule has 2 heteroatoms. The summed E-state index contributed by atoms with van der Waals surface area (Å²) in [5.41, 5.74) is 5.56. The van der Waals surface area contributed by atoms with E-state index in [-0.39, 0.29) is 0 Å². The van der Waals surface area contributed by atoms with E-state index in [4.69, 9.17) is 5.73 Å². The molecule has 0 bridgehead atoms. The van der Waals surface area contributed by atoms with Gasteiger partial charge in [0, 0.05) is 6.54 Å². The first-order valence-corrected chi connectivity index (χ1v) is 4.79. The van der Waals surface area contributed by atoms with Crippen molar-refractivity contribution in [3.63, 3.8) is 0 Å². The Morgan fingerprint density at radius 1 is 1.67 bits per heavy atom. The molecule has 1 aliphatic heterocycles. The van der Waals surface area contributed by atoms with Gasteiger partial charge in [0.25, 0.3) is 0 Å². The summed E-state index contributed by atoms with van der Waals surface area (Å²) in [4.78, 5) is 2.37. The molecule has 1 saturated heterocycles. The Balaban J connectivity index is 2.44. The van der Waals surface area contributed by atoms with Crippen LogP contribution < -0.4 is 5.73 Å². The van der Waals surface area contributed by atoms with Crippen molar-refractivity contribution >= 4 is 0 Å². The van der Waals surface area contributed by atoms with Crippen molar-refractivity contribution in [3.8, 4) is 0 Å². The third-order valence-electron chi connectivity index (χ3n) is 2.85. The molecular weight excluding hydrogens is 148 g/mol. The molecule has 70 valence electrons. The summed E-state index contributed by atoms with van der Waals surface area (Å²) in [6, 6.07) is 0. The van der Waals surface area contributed by atoms with E-state index in [0.29, 0.717) is 5.92 Å². The fourth-order valence-corrected chi connectivity index (χ4v) is 2.04. The summed E-state index contributed by atoms with van der Waals surface area (Å²) in [6.07, 6.45) is 4.53. The molecule has 0 spiro atoms. The first kappa shape index (κ1) is 9.75. The van der Waals surface area contributed by atoms with Crippen LogP contribution in [0.25, 0.3) is 0 Å². The highest BCUT2D eigenvalue weighted by molar-refractivity contribution is 4.90. The molecule has 2 nitrogen and oxygen atoms in total. The standard InChI is InChI=1S/C10H20N2/c1-3-9-8-12(2)7-5-10(9)4-6-11/h3,9-10H,1,4-8,11H2,2H3. The smallest absolute Gasteiger partial charge is 0.00439 e. The maximum absolute atomic E-state index is 5.56. The van der Waals surface area contributed by atoms with Crippen LogP contribution in [-0.4, -0.2) is 31.6 Å². The van der Waals surface area contributed by atoms with Gasteiger partial charge in [0.15, 0.2) is 0 Å². The van der Waals surface area contributed by atoms with Crippen molar-refractivity contribution in [1.82, 2.24) is 4.90 Å². The van der Waals surface area contributed by atoms with E-state index >= 15 is 0 Å². The third-order valence-corrected chi connectivity index (χ3v) is 2.85. The molecule has 0 saturated carbocycles. The Bertz CT molecular complexity index is 145. The molecule has 0 aromatic carbocycles. The molecule has 0 amide bonds. The van der Waals surface area contributed by atoms with Crippen molar-refractivity contribution in [1.29, 1.82) is 0 Å². The van der Waals surface area contributed by atoms with E-state index < -0.39 is 0 Å². The second kappa shape index (κ2) is 4.63. The van der Waals surface area contributed by atoms with Crippen molar-refractivity contribution in [2.75, 3.05) is 26.7 Å². The minimum absolute atomic E-state index is 0.660. The predicted octanol–water partition coefficient (Wildman–Crippen LogP) is 1.09. The molecule has 0 radical (unpaired) electrons. The normalized spacial score (nSPS) is 31.8. The summed E-state index contributed by atoms with van der Waals surface area (Å²) in [6.45, 7) is 7.08. The second-order valence-electron chi connectivity index (χ2n) is 3.79. The number of likely N-dealkylation sites (tertiary alicyclic amines) is 1. The molecule has 2 N–H and O–H groups in total. The van der Waals surface area contributed by atoms with Crippen molar-refractivity contribution < 1.29 is 0 Å². The summed E-state index contributed by atoms with van der Waals surface area (Å²) in [5, 5.41) is 0.